The molecule has 9 atom stereocenters. The third-order valence-corrected chi connectivity index (χ3v) is 5.47. The van der Waals surface area contributed by atoms with Gasteiger partial charge in [-0.05, 0) is 12.8 Å². The Hall–Kier alpha value is -0.890. The Balaban J connectivity index is 2.23. The van der Waals surface area contributed by atoms with Gasteiger partial charge < -0.3 is 52.3 Å². The maximum absolute atomic E-state index is 12.1. The Morgan fingerprint density at radius 2 is 1.85 bits per heavy atom. The van der Waals surface area contributed by atoms with E-state index in [0.717, 1.165) is 0 Å². The number of methoxy groups -OCH3 is 1. The van der Waals surface area contributed by atoms with Gasteiger partial charge in [-0.15, -0.1) is 0 Å². The summed E-state index contributed by atoms with van der Waals surface area (Å²) in [4.78, 5) is 13.3. The summed E-state index contributed by atoms with van der Waals surface area (Å²) in [6.45, 7) is 0.0647. The molecule has 0 aromatic carbocycles. The van der Waals surface area contributed by atoms with Crippen LogP contribution in [0.25, 0.3) is 0 Å². The van der Waals surface area contributed by atoms with E-state index in [2.05, 4.69) is 0 Å². The lowest BCUT2D eigenvalue weighted by molar-refractivity contribution is -0.265. The fraction of sp³-hybridized carbons (Fsp3) is 0.938. The van der Waals surface area contributed by atoms with Crippen LogP contribution in [0.5, 0.6) is 0 Å². The van der Waals surface area contributed by atoms with Crippen LogP contribution in [0.2, 0.25) is 0 Å². The van der Waals surface area contributed by atoms with Gasteiger partial charge in [0.15, 0.2) is 6.29 Å². The van der Waals surface area contributed by atoms with Gasteiger partial charge in [-0.25, -0.2) is 0 Å². The fourth-order valence-corrected chi connectivity index (χ4v) is 3.78. The van der Waals surface area contributed by atoms with Crippen LogP contribution in [0.1, 0.15) is 12.8 Å². The summed E-state index contributed by atoms with van der Waals surface area (Å²) in [6.07, 6.45) is -4.06. The van der Waals surface area contributed by atoms with E-state index in [9.17, 15) is 15.0 Å². The van der Waals surface area contributed by atoms with Crippen LogP contribution in [0.4, 0.5) is 0 Å². The molecule has 2 rings (SSSR count). The van der Waals surface area contributed by atoms with Gasteiger partial charge in [-0.2, -0.15) is 0 Å². The van der Waals surface area contributed by atoms with Crippen LogP contribution >= 0.6 is 0 Å². The van der Waals surface area contributed by atoms with Crippen molar-refractivity contribution in [2.75, 3.05) is 27.2 Å². The number of carbonyl (C=O) groups is 1. The number of nitrogens with two attached hydrogens (primary N) is 4. The standard InChI is InChI=1S/C16H33N5O6/c1-21(9(22)6-18)11-13(24)14(10(20)12(23)15(11)25-2)27-16-8(19)4-3-7(5-17)26-16/h7-8,10-16,23-24H,3-6,17-20H2,1-2H3/t7-,8+,10+,11-,12+,13+,14+,15-,16-/m1/s1. The SMILES string of the molecule is CO[C@H]1[C@@H](O)[C@H](N)[C@H](O[C@H]2O[C@@H](CN)CC[C@@H]2N)[C@@H](O)[C@H]1N(C)C(=O)CN. The van der Waals surface area contributed by atoms with Crippen molar-refractivity contribution in [1.29, 1.82) is 0 Å². The van der Waals surface area contributed by atoms with Crippen LogP contribution in [0.15, 0.2) is 0 Å². The number of hydrogen-bond acceptors (Lipinski definition) is 10. The minimum atomic E-state index is -1.25. The van der Waals surface area contributed by atoms with Crippen molar-refractivity contribution in [2.45, 2.75) is 67.8 Å². The number of aliphatic hydroxyl groups is 2. The molecule has 11 heteroatoms. The van der Waals surface area contributed by atoms with Crippen molar-refractivity contribution in [3.05, 3.63) is 0 Å². The molecule has 1 heterocycles. The molecule has 2 fully saturated rings. The zero-order valence-electron chi connectivity index (χ0n) is 15.8. The summed E-state index contributed by atoms with van der Waals surface area (Å²) in [5.41, 5.74) is 23.3. The molecule has 10 N–H and O–H groups in total. The Morgan fingerprint density at radius 3 is 2.41 bits per heavy atom. The van der Waals surface area contributed by atoms with Gasteiger partial charge in [0.1, 0.15) is 18.3 Å². The molecule has 1 saturated heterocycles. The highest BCUT2D eigenvalue weighted by Crippen LogP contribution is 2.30. The number of aliphatic hydroxyl groups excluding tert-OH is 2. The van der Waals surface area contributed by atoms with E-state index in [1.165, 1.54) is 19.1 Å². The lowest BCUT2D eigenvalue weighted by Crippen LogP contribution is -2.72. The monoisotopic (exact) mass is 391 g/mol. The van der Waals surface area contributed by atoms with E-state index in [4.69, 9.17) is 37.1 Å². The quantitative estimate of drug-likeness (QED) is 0.260. The average molecular weight is 391 g/mol. The highest BCUT2D eigenvalue weighted by molar-refractivity contribution is 5.78. The Morgan fingerprint density at radius 1 is 1.19 bits per heavy atom. The van der Waals surface area contributed by atoms with E-state index in [0.29, 0.717) is 19.4 Å². The zero-order valence-corrected chi connectivity index (χ0v) is 15.8. The van der Waals surface area contributed by atoms with E-state index in [1.807, 2.05) is 0 Å². The van der Waals surface area contributed by atoms with Crippen LogP contribution in [-0.2, 0) is 19.0 Å². The normalized spacial score (nSPS) is 42.7. The van der Waals surface area contributed by atoms with Crippen LogP contribution < -0.4 is 22.9 Å². The van der Waals surface area contributed by atoms with E-state index >= 15 is 0 Å². The number of carbonyl (C=O) groups excluding carboxylic acids is 1. The van der Waals surface area contributed by atoms with Crippen molar-refractivity contribution in [1.82, 2.24) is 4.90 Å². The fourth-order valence-electron chi connectivity index (χ4n) is 3.78. The molecule has 2 aliphatic rings. The second-order valence-electron chi connectivity index (χ2n) is 7.16. The summed E-state index contributed by atoms with van der Waals surface area (Å²) in [7, 11) is 2.84. The average Bonchev–Trinajstić information content (AvgIpc) is 2.67. The smallest absolute Gasteiger partial charge is 0.236 e. The third kappa shape index (κ3) is 4.58. The second kappa shape index (κ2) is 9.54. The predicted molar refractivity (Wildman–Crippen MR) is 96.2 cm³/mol. The molecule has 0 aromatic rings. The van der Waals surface area contributed by atoms with Gasteiger partial charge in [-0.3, -0.25) is 4.79 Å². The van der Waals surface area contributed by atoms with Crippen molar-refractivity contribution in [3.8, 4) is 0 Å². The minimum absolute atomic E-state index is 0.208. The van der Waals surface area contributed by atoms with E-state index in [1.54, 1.807) is 0 Å². The number of hydrogen-bond donors (Lipinski definition) is 6. The molecular formula is C16H33N5O6. The molecule has 1 aliphatic carbocycles. The first kappa shape index (κ1) is 22.4. The molecule has 11 nitrogen and oxygen atoms in total. The molecule has 158 valence electrons. The summed E-state index contributed by atoms with van der Waals surface area (Å²) >= 11 is 0. The summed E-state index contributed by atoms with van der Waals surface area (Å²) in [6, 6.07) is -2.31. The van der Waals surface area contributed by atoms with Crippen LogP contribution in [0, 0.1) is 0 Å². The van der Waals surface area contributed by atoms with E-state index in [-0.39, 0.29) is 12.6 Å². The number of likely N-dealkylation sites (N-methyl/N-ethyl adjacent to an activating group) is 1. The molecule has 0 unspecified atom stereocenters. The molecule has 27 heavy (non-hydrogen) atoms. The number of nitrogens with zero attached hydrogens (tertiary/aromatic N) is 1. The molecule has 0 aromatic heterocycles. The lowest BCUT2D eigenvalue weighted by atomic mass is 9.80. The predicted octanol–water partition coefficient (Wildman–Crippen LogP) is -3.97. The number of amides is 1. The van der Waals surface area contributed by atoms with Crippen LogP contribution in [-0.4, -0.2) is 103 Å². The highest BCUT2D eigenvalue weighted by atomic mass is 16.7. The maximum Gasteiger partial charge on any atom is 0.236 e. The molecular weight excluding hydrogens is 358 g/mol. The highest BCUT2D eigenvalue weighted by Gasteiger charge is 2.53. The van der Waals surface area contributed by atoms with Gasteiger partial charge in [0.05, 0.1) is 36.9 Å². The van der Waals surface area contributed by atoms with Crippen molar-refractivity contribution in [2.24, 2.45) is 22.9 Å². The van der Waals surface area contributed by atoms with Crippen molar-refractivity contribution in [3.63, 3.8) is 0 Å². The van der Waals surface area contributed by atoms with E-state index < -0.39 is 54.7 Å². The van der Waals surface area contributed by atoms with Gasteiger partial charge in [0, 0.05) is 20.7 Å². The van der Waals surface area contributed by atoms with Crippen LogP contribution in [0.3, 0.4) is 0 Å². The first-order chi connectivity index (χ1) is 12.8. The Bertz CT molecular complexity index is 500. The lowest BCUT2D eigenvalue weighted by Gasteiger charge is -2.50. The van der Waals surface area contributed by atoms with Gasteiger partial charge in [-0.1, -0.05) is 0 Å². The molecule has 0 radical (unpaired) electrons. The minimum Gasteiger partial charge on any atom is -0.389 e. The largest absolute Gasteiger partial charge is 0.389 e. The number of ether oxygens (including phenoxy) is 3. The third-order valence-electron chi connectivity index (χ3n) is 5.47. The summed E-state index contributed by atoms with van der Waals surface area (Å²) in [5.74, 6) is -0.420. The maximum atomic E-state index is 12.1. The van der Waals surface area contributed by atoms with Crippen molar-refractivity contribution >= 4 is 5.91 Å². The van der Waals surface area contributed by atoms with Gasteiger partial charge >= 0.3 is 0 Å². The first-order valence-electron chi connectivity index (χ1n) is 9.13. The summed E-state index contributed by atoms with van der Waals surface area (Å²) in [5, 5.41) is 21.5. The molecule has 1 saturated carbocycles. The van der Waals surface area contributed by atoms with Crippen molar-refractivity contribution < 1.29 is 29.2 Å². The molecule has 1 aliphatic heterocycles. The summed E-state index contributed by atoms with van der Waals surface area (Å²) < 4.78 is 17.0. The molecule has 0 spiro atoms. The second-order valence-corrected chi connectivity index (χ2v) is 7.16. The Labute approximate surface area is 158 Å². The topological polar surface area (TPSA) is 193 Å². The molecule has 0 bridgehead atoms. The first-order valence-corrected chi connectivity index (χ1v) is 9.13. The number of rotatable bonds is 6. The van der Waals surface area contributed by atoms with Gasteiger partial charge in [0.2, 0.25) is 5.91 Å². The molecule has 1 amide bonds. The Kier molecular flexibility index (Phi) is 7.92. The zero-order chi connectivity index (χ0) is 20.3. The van der Waals surface area contributed by atoms with Gasteiger partial charge in [0.25, 0.3) is 0 Å².